The number of thiophene rings is 1. The number of nitrogens with zero attached hydrogens (tertiary/aromatic N) is 2. The Morgan fingerprint density at radius 1 is 1.48 bits per heavy atom. The van der Waals surface area contributed by atoms with Crippen molar-refractivity contribution >= 4 is 39.2 Å². The Morgan fingerprint density at radius 2 is 2.26 bits per heavy atom. The fourth-order valence-corrected chi connectivity index (χ4v) is 5.89. The van der Waals surface area contributed by atoms with Gasteiger partial charge in [0, 0.05) is 17.5 Å². The van der Waals surface area contributed by atoms with Crippen LogP contribution in [0.4, 0.5) is 0 Å². The topological polar surface area (TPSA) is 64.0 Å². The van der Waals surface area contributed by atoms with Crippen molar-refractivity contribution in [1.82, 2.24) is 14.9 Å². The van der Waals surface area contributed by atoms with Gasteiger partial charge in [0.1, 0.15) is 4.83 Å². The van der Waals surface area contributed by atoms with E-state index in [4.69, 9.17) is 4.98 Å². The van der Waals surface area contributed by atoms with Crippen LogP contribution in [0.2, 0.25) is 0 Å². The average Bonchev–Trinajstić information content (AvgIpc) is 3.36. The zero-order valence-corrected chi connectivity index (χ0v) is 17.4. The second kappa shape index (κ2) is 7.43. The van der Waals surface area contributed by atoms with Gasteiger partial charge in [-0.2, -0.15) is 0 Å². The number of rotatable bonds is 6. The molecule has 0 aromatic carbocycles. The molecular formula is C20H25N3O2S2. The van der Waals surface area contributed by atoms with Gasteiger partial charge in [0.05, 0.1) is 10.6 Å². The van der Waals surface area contributed by atoms with E-state index in [0.29, 0.717) is 23.7 Å². The molecule has 2 aromatic heterocycles. The summed E-state index contributed by atoms with van der Waals surface area (Å²) in [5.41, 5.74) is 1.20. The Kier molecular flexibility index (Phi) is 5.16. The van der Waals surface area contributed by atoms with Gasteiger partial charge in [0.2, 0.25) is 5.91 Å². The molecule has 27 heavy (non-hydrogen) atoms. The number of carbonyl (C=O) groups is 1. The molecule has 2 atom stereocenters. The van der Waals surface area contributed by atoms with Gasteiger partial charge in [-0.3, -0.25) is 14.2 Å². The van der Waals surface area contributed by atoms with Crippen LogP contribution < -0.4 is 10.9 Å². The highest BCUT2D eigenvalue weighted by Crippen LogP contribution is 2.37. The Morgan fingerprint density at radius 3 is 2.96 bits per heavy atom. The molecule has 2 unspecified atom stereocenters. The zero-order valence-electron chi connectivity index (χ0n) is 15.8. The molecular weight excluding hydrogens is 378 g/mol. The number of hydrogen-bond donors (Lipinski definition) is 1. The fraction of sp³-hybridized carbons (Fsp3) is 0.550. The largest absolute Gasteiger partial charge is 0.352 e. The molecule has 5 nitrogen and oxygen atoms in total. The van der Waals surface area contributed by atoms with Gasteiger partial charge in [-0.05, 0) is 50.5 Å². The molecule has 2 aromatic rings. The van der Waals surface area contributed by atoms with Crippen LogP contribution in [0.15, 0.2) is 22.6 Å². The van der Waals surface area contributed by atoms with Crippen molar-refractivity contribution < 1.29 is 4.79 Å². The normalized spacial score (nSPS) is 20.3. The molecule has 2 aliphatic rings. The number of fused-ring (bicyclic) bond motifs is 3. The van der Waals surface area contributed by atoms with Crippen molar-refractivity contribution in [2.24, 2.45) is 5.92 Å². The van der Waals surface area contributed by atoms with Crippen LogP contribution in [0.5, 0.6) is 0 Å². The van der Waals surface area contributed by atoms with Crippen molar-refractivity contribution in [2.45, 2.75) is 68.9 Å². The van der Waals surface area contributed by atoms with E-state index in [1.807, 2.05) is 6.92 Å². The lowest BCUT2D eigenvalue weighted by molar-refractivity contribution is -0.120. The van der Waals surface area contributed by atoms with Gasteiger partial charge in [-0.1, -0.05) is 24.8 Å². The van der Waals surface area contributed by atoms with E-state index in [2.05, 4.69) is 18.8 Å². The molecule has 0 aliphatic heterocycles. The van der Waals surface area contributed by atoms with Crippen molar-refractivity contribution in [3.05, 3.63) is 33.4 Å². The smallest absolute Gasteiger partial charge is 0.263 e. The number of allylic oxidation sites excluding steroid dienone is 1. The maximum absolute atomic E-state index is 13.3. The molecule has 1 fully saturated rings. The number of thioether (sulfide) groups is 1. The molecule has 0 saturated heterocycles. The molecule has 1 amide bonds. The summed E-state index contributed by atoms with van der Waals surface area (Å²) >= 11 is 3.01. The van der Waals surface area contributed by atoms with Crippen LogP contribution in [-0.4, -0.2) is 26.8 Å². The van der Waals surface area contributed by atoms with E-state index >= 15 is 0 Å². The standard InChI is InChI=1S/C20H25N3O2S2/c1-4-9-23-19(25)16-14-8-5-11(2)10-15(14)27-18(16)22-20(23)26-12(3)17(24)21-13-6-7-13/h4,11-13H,1,5-10H2,2-3H3,(H,21,24). The summed E-state index contributed by atoms with van der Waals surface area (Å²) in [7, 11) is 0. The van der Waals surface area contributed by atoms with Crippen LogP contribution >= 0.6 is 23.1 Å². The molecule has 2 aliphatic carbocycles. The van der Waals surface area contributed by atoms with E-state index in [1.54, 1.807) is 22.0 Å². The predicted molar refractivity (Wildman–Crippen MR) is 112 cm³/mol. The zero-order chi connectivity index (χ0) is 19.1. The summed E-state index contributed by atoms with van der Waals surface area (Å²) in [5, 5.41) is 4.13. The Bertz CT molecular complexity index is 958. The minimum absolute atomic E-state index is 0.00394. The second-order valence-corrected chi connectivity index (χ2v) is 10.1. The SMILES string of the molecule is C=CCn1c(SC(C)C(=O)NC2CC2)nc2sc3c(c2c1=O)CCC(C)C3. The quantitative estimate of drug-likeness (QED) is 0.455. The molecule has 144 valence electrons. The molecule has 1 saturated carbocycles. The maximum atomic E-state index is 13.3. The third kappa shape index (κ3) is 3.72. The molecule has 4 rings (SSSR count). The second-order valence-electron chi connectivity index (χ2n) is 7.67. The van der Waals surface area contributed by atoms with Gasteiger partial charge in [-0.25, -0.2) is 4.98 Å². The number of nitrogens with one attached hydrogen (secondary N) is 1. The highest BCUT2D eigenvalue weighted by molar-refractivity contribution is 8.00. The van der Waals surface area contributed by atoms with Gasteiger partial charge >= 0.3 is 0 Å². The number of carbonyl (C=O) groups excluding carboxylic acids is 1. The first-order chi connectivity index (χ1) is 13.0. The highest BCUT2D eigenvalue weighted by Gasteiger charge is 2.28. The Labute approximate surface area is 167 Å². The summed E-state index contributed by atoms with van der Waals surface area (Å²) in [6.45, 7) is 8.33. The molecule has 1 N–H and O–H groups in total. The van der Waals surface area contributed by atoms with Crippen molar-refractivity contribution in [3.8, 4) is 0 Å². The van der Waals surface area contributed by atoms with Crippen LogP contribution in [0.25, 0.3) is 10.2 Å². The third-order valence-corrected chi connectivity index (χ3v) is 7.51. The van der Waals surface area contributed by atoms with Crippen LogP contribution in [0, 0.1) is 5.92 Å². The number of hydrogen-bond acceptors (Lipinski definition) is 5. The Balaban J connectivity index is 1.72. The van der Waals surface area contributed by atoms with Gasteiger partial charge < -0.3 is 5.32 Å². The number of amides is 1. The van der Waals surface area contributed by atoms with Crippen molar-refractivity contribution in [2.75, 3.05) is 0 Å². The van der Waals surface area contributed by atoms with Gasteiger partial charge in [0.15, 0.2) is 5.16 Å². The van der Waals surface area contributed by atoms with Crippen LogP contribution in [-0.2, 0) is 24.2 Å². The summed E-state index contributed by atoms with van der Waals surface area (Å²) in [4.78, 5) is 32.5. The van der Waals surface area contributed by atoms with Crippen molar-refractivity contribution in [3.63, 3.8) is 0 Å². The predicted octanol–water partition coefficient (Wildman–Crippen LogP) is 3.53. The average molecular weight is 404 g/mol. The number of aryl methyl sites for hydroxylation is 1. The molecule has 0 spiro atoms. The molecule has 0 bridgehead atoms. The monoisotopic (exact) mass is 403 g/mol. The van der Waals surface area contributed by atoms with E-state index < -0.39 is 0 Å². The van der Waals surface area contributed by atoms with Gasteiger partial charge in [-0.15, -0.1) is 17.9 Å². The summed E-state index contributed by atoms with van der Waals surface area (Å²) in [5.74, 6) is 0.669. The molecule has 2 heterocycles. The summed E-state index contributed by atoms with van der Waals surface area (Å²) in [6.07, 6.45) is 6.94. The molecule has 0 radical (unpaired) electrons. The van der Waals surface area contributed by atoms with Gasteiger partial charge in [0.25, 0.3) is 5.56 Å². The summed E-state index contributed by atoms with van der Waals surface area (Å²) < 4.78 is 1.67. The fourth-order valence-electron chi connectivity index (χ4n) is 3.54. The lowest BCUT2D eigenvalue weighted by atomic mass is 9.89. The molecule has 7 heteroatoms. The lowest BCUT2D eigenvalue weighted by Gasteiger charge is -2.18. The van der Waals surface area contributed by atoms with E-state index in [-0.39, 0.29) is 16.7 Å². The minimum Gasteiger partial charge on any atom is -0.352 e. The minimum atomic E-state index is -0.291. The van der Waals surface area contributed by atoms with E-state index in [0.717, 1.165) is 42.3 Å². The first kappa shape index (κ1) is 18.7. The van der Waals surface area contributed by atoms with E-state index in [1.165, 1.54) is 22.2 Å². The summed E-state index contributed by atoms with van der Waals surface area (Å²) in [6, 6.07) is 0.331. The van der Waals surface area contributed by atoms with E-state index in [9.17, 15) is 9.59 Å². The first-order valence-electron chi connectivity index (χ1n) is 9.61. The maximum Gasteiger partial charge on any atom is 0.263 e. The Hall–Kier alpha value is -1.60. The highest BCUT2D eigenvalue weighted by atomic mass is 32.2. The van der Waals surface area contributed by atoms with Crippen LogP contribution in [0.3, 0.4) is 0 Å². The number of aromatic nitrogens is 2. The van der Waals surface area contributed by atoms with Crippen molar-refractivity contribution in [1.29, 1.82) is 0 Å². The van der Waals surface area contributed by atoms with Crippen LogP contribution in [0.1, 0.15) is 43.6 Å². The lowest BCUT2D eigenvalue weighted by Crippen LogP contribution is -2.33. The third-order valence-electron chi connectivity index (χ3n) is 5.27. The first-order valence-corrected chi connectivity index (χ1v) is 11.3.